The predicted octanol–water partition coefficient (Wildman–Crippen LogP) is 0.318. The molecule has 0 aromatic heterocycles. The molecule has 0 bridgehead atoms. The summed E-state index contributed by atoms with van der Waals surface area (Å²) in [6, 6.07) is 15.5. The molecule has 4 heteroatoms. The van der Waals surface area contributed by atoms with Crippen LogP contribution in [-0.4, -0.2) is 33.3 Å². The first-order valence-corrected chi connectivity index (χ1v) is 8.28. The van der Waals surface area contributed by atoms with Crippen LogP contribution in [0.2, 0.25) is 0 Å². The van der Waals surface area contributed by atoms with E-state index in [-0.39, 0.29) is 5.82 Å². The van der Waals surface area contributed by atoms with Crippen LogP contribution in [0, 0.1) is 5.82 Å². The van der Waals surface area contributed by atoms with Gasteiger partial charge in [0.1, 0.15) is 50.8 Å². The molecular weight excluding hydrogens is 291 g/mol. The molecule has 23 heavy (non-hydrogen) atoms. The molecule has 0 spiro atoms. The molecule has 2 aromatic carbocycles. The molecule has 1 aliphatic heterocycles. The molecule has 3 nitrogen and oxygen atoms in total. The van der Waals surface area contributed by atoms with Gasteiger partial charge in [-0.15, -0.1) is 0 Å². The third-order valence-corrected chi connectivity index (χ3v) is 4.68. The first kappa shape index (κ1) is 16.0. The van der Waals surface area contributed by atoms with Crippen molar-refractivity contribution in [1.29, 1.82) is 0 Å². The van der Waals surface area contributed by atoms with Gasteiger partial charge in [-0.1, -0.05) is 18.2 Å². The topological polar surface area (TPSA) is 18.1 Å². The van der Waals surface area contributed by atoms with Gasteiger partial charge in [-0.25, -0.2) is 4.39 Å². The summed E-state index contributed by atoms with van der Waals surface area (Å²) in [4.78, 5) is 3.08. The van der Waals surface area contributed by atoms with E-state index in [1.165, 1.54) is 10.5 Å². The highest BCUT2D eigenvalue weighted by molar-refractivity contribution is 5.26. The fraction of sp³-hybridized carbons (Fsp3) is 0.368. The van der Waals surface area contributed by atoms with Crippen LogP contribution in [0.5, 0.6) is 5.75 Å². The average molecular weight is 316 g/mol. The molecule has 2 aromatic rings. The maximum absolute atomic E-state index is 13.7. The highest BCUT2D eigenvalue weighted by atomic mass is 19.1. The minimum atomic E-state index is -0.0759. The van der Waals surface area contributed by atoms with Gasteiger partial charge in [0, 0.05) is 11.1 Å². The second-order valence-electron chi connectivity index (χ2n) is 6.29. The van der Waals surface area contributed by atoms with E-state index in [0.29, 0.717) is 0 Å². The maximum atomic E-state index is 13.7. The van der Waals surface area contributed by atoms with Crippen LogP contribution in [0.15, 0.2) is 48.5 Å². The SMILES string of the molecule is COc1ccc(C[NH+]2CC[NH+](Cc3ccccc3F)CC2)cc1. The Morgan fingerprint density at radius 3 is 2.09 bits per heavy atom. The molecule has 1 saturated heterocycles. The number of halogens is 1. The Hall–Kier alpha value is -1.91. The van der Waals surface area contributed by atoms with Crippen LogP contribution in [-0.2, 0) is 13.1 Å². The zero-order valence-corrected chi connectivity index (χ0v) is 13.6. The number of nitrogens with one attached hydrogen (secondary N) is 2. The maximum Gasteiger partial charge on any atom is 0.132 e. The van der Waals surface area contributed by atoms with Crippen molar-refractivity contribution >= 4 is 0 Å². The molecule has 1 heterocycles. The molecule has 122 valence electrons. The lowest BCUT2D eigenvalue weighted by atomic mass is 10.1. The number of ether oxygens (including phenoxy) is 1. The van der Waals surface area contributed by atoms with Crippen LogP contribution < -0.4 is 14.5 Å². The van der Waals surface area contributed by atoms with Crippen molar-refractivity contribution in [1.82, 2.24) is 0 Å². The summed E-state index contributed by atoms with van der Waals surface area (Å²) in [5.74, 6) is 0.830. The molecule has 0 unspecified atom stereocenters. The number of rotatable bonds is 5. The quantitative estimate of drug-likeness (QED) is 0.813. The van der Waals surface area contributed by atoms with Gasteiger partial charge in [-0.2, -0.15) is 0 Å². The standard InChI is InChI=1S/C19H23FN2O/c1-23-18-8-6-16(7-9-18)14-21-10-12-22(13-11-21)15-17-4-2-3-5-19(17)20/h2-9H,10-15H2,1H3/p+2. The Balaban J connectivity index is 1.49. The minimum absolute atomic E-state index is 0.0759. The summed E-state index contributed by atoms with van der Waals surface area (Å²) in [7, 11) is 1.69. The molecule has 0 saturated carbocycles. The number of methoxy groups -OCH3 is 1. The summed E-state index contributed by atoms with van der Waals surface area (Å²) in [6.07, 6.45) is 0. The third kappa shape index (κ3) is 4.30. The van der Waals surface area contributed by atoms with E-state index < -0.39 is 0 Å². The summed E-state index contributed by atoms with van der Waals surface area (Å²) >= 11 is 0. The monoisotopic (exact) mass is 316 g/mol. The van der Waals surface area contributed by atoms with Crippen LogP contribution in [0.3, 0.4) is 0 Å². The number of hydrogen-bond donors (Lipinski definition) is 2. The van der Waals surface area contributed by atoms with E-state index in [4.69, 9.17) is 4.74 Å². The fourth-order valence-corrected chi connectivity index (χ4v) is 3.25. The van der Waals surface area contributed by atoms with Gasteiger partial charge >= 0.3 is 0 Å². The number of quaternary nitrogens is 2. The van der Waals surface area contributed by atoms with Crippen LogP contribution in [0.4, 0.5) is 4.39 Å². The molecule has 2 N–H and O–H groups in total. The minimum Gasteiger partial charge on any atom is -0.497 e. The largest absolute Gasteiger partial charge is 0.497 e. The van der Waals surface area contributed by atoms with Gasteiger partial charge in [0.05, 0.1) is 7.11 Å². The Labute approximate surface area is 137 Å². The molecule has 0 aliphatic carbocycles. The van der Waals surface area contributed by atoms with Crippen LogP contribution in [0.1, 0.15) is 11.1 Å². The van der Waals surface area contributed by atoms with E-state index in [9.17, 15) is 4.39 Å². The van der Waals surface area contributed by atoms with Gasteiger partial charge in [0.2, 0.25) is 0 Å². The van der Waals surface area contributed by atoms with E-state index in [1.807, 2.05) is 24.3 Å². The predicted molar refractivity (Wildman–Crippen MR) is 88.2 cm³/mol. The van der Waals surface area contributed by atoms with Crippen LogP contribution >= 0.6 is 0 Å². The third-order valence-electron chi connectivity index (χ3n) is 4.68. The van der Waals surface area contributed by atoms with Gasteiger partial charge in [-0.05, 0) is 30.3 Å². The van der Waals surface area contributed by atoms with Crippen molar-refractivity contribution in [3.05, 3.63) is 65.5 Å². The molecule has 0 radical (unpaired) electrons. The summed E-state index contributed by atoms with van der Waals surface area (Å²) in [5.41, 5.74) is 2.18. The van der Waals surface area contributed by atoms with Crippen molar-refractivity contribution in [2.75, 3.05) is 33.3 Å². The molecule has 1 fully saturated rings. The van der Waals surface area contributed by atoms with E-state index in [2.05, 4.69) is 12.1 Å². The Bertz CT molecular complexity index is 622. The molecule has 0 amide bonds. The fourth-order valence-electron chi connectivity index (χ4n) is 3.25. The lowest BCUT2D eigenvalue weighted by molar-refractivity contribution is -1.02. The first-order valence-electron chi connectivity index (χ1n) is 8.28. The van der Waals surface area contributed by atoms with Crippen LogP contribution in [0.25, 0.3) is 0 Å². The second-order valence-corrected chi connectivity index (χ2v) is 6.29. The lowest BCUT2D eigenvalue weighted by Crippen LogP contribution is -3.27. The smallest absolute Gasteiger partial charge is 0.132 e. The van der Waals surface area contributed by atoms with Crippen molar-refractivity contribution in [2.45, 2.75) is 13.1 Å². The van der Waals surface area contributed by atoms with Crippen molar-refractivity contribution in [3.63, 3.8) is 0 Å². The highest BCUT2D eigenvalue weighted by Gasteiger charge is 2.23. The zero-order chi connectivity index (χ0) is 16.1. The second kappa shape index (κ2) is 7.57. The Morgan fingerprint density at radius 2 is 1.48 bits per heavy atom. The molecule has 0 atom stereocenters. The highest BCUT2D eigenvalue weighted by Crippen LogP contribution is 2.10. The summed E-state index contributed by atoms with van der Waals surface area (Å²) in [5, 5.41) is 0. The summed E-state index contributed by atoms with van der Waals surface area (Å²) < 4.78 is 18.9. The lowest BCUT2D eigenvalue weighted by Gasteiger charge is -2.29. The van der Waals surface area contributed by atoms with E-state index in [0.717, 1.165) is 50.6 Å². The molecule has 3 rings (SSSR count). The van der Waals surface area contributed by atoms with Gasteiger partial charge < -0.3 is 14.5 Å². The molecule has 1 aliphatic rings. The first-order chi connectivity index (χ1) is 11.2. The molecular formula is C19H25FN2O+2. The Morgan fingerprint density at radius 1 is 0.870 bits per heavy atom. The normalized spacial score (nSPS) is 21.1. The average Bonchev–Trinajstić information content (AvgIpc) is 2.59. The van der Waals surface area contributed by atoms with E-state index in [1.54, 1.807) is 24.1 Å². The Kier molecular flexibility index (Phi) is 5.26. The number of benzene rings is 2. The van der Waals surface area contributed by atoms with Crippen molar-refractivity contribution < 1.29 is 18.9 Å². The summed E-state index contributed by atoms with van der Waals surface area (Å²) in [6.45, 7) is 6.31. The van der Waals surface area contributed by atoms with Gasteiger partial charge in [-0.3, -0.25) is 0 Å². The van der Waals surface area contributed by atoms with Gasteiger partial charge in [0.25, 0.3) is 0 Å². The number of hydrogen-bond acceptors (Lipinski definition) is 1. The van der Waals surface area contributed by atoms with E-state index >= 15 is 0 Å². The van der Waals surface area contributed by atoms with Crippen molar-refractivity contribution in [3.8, 4) is 5.75 Å². The van der Waals surface area contributed by atoms with Gasteiger partial charge in [0.15, 0.2) is 0 Å². The number of piperazine rings is 1. The zero-order valence-electron chi connectivity index (χ0n) is 13.6. The van der Waals surface area contributed by atoms with Crippen molar-refractivity contribution in [2.24, 2.45) is 0 Å².